The van der Waals surface area contributed by atoms with Crippen LogP contribution in [-0.4, -0.2) is 64.7 Å². The fraction of sp³-hybridized carbons (Fsp3) is 0.391. The first-order valence-corrected chi connectivity index (χ1v) is 10.5. The van der Waals surface area contributed by atoms with Crippen molar-refractivity contribution < 1.29 is 14.3 Å². The number of benzene rings is 1. The minimum Gasteiger partial charge on any atom is -0.490 e. The van der Waals surface area contributed by atoms with E-state index >= 15 is 0 Å². The van der Waals surface area contributed by atoms with Gasteiger partial charge in [0.1, 0.15) is 0 Å². The summed E-state index contributed by atoms with van der Waals surface area (Å²) in [7, 11) is 0. The van der Waals surface area contributed by atoms with E-state index in [1.165, 1.54) is 0 Å². The fourth-order valence-electron chi connectivity index (χ4n) is 3.77. The van der Waals surface area contributed by atoms with Gasteiger partial charge in [0, 0.05) is 44.5 Å². The number of amides is 1. The van der Waals surface area contributed by atoms with Gasteiger partial charge in [-0.25, -0.2) is 4.52 Å². The molecule has 1 aliphatic heterocycles. The largest absolute Gasteiger partial charge is 0.490 e. The zero-order valence-corrected chi connectivity index (χ0v) is 17.6. The predicted octanol–water partition coefficient (Wildman–Crippen LogP) is 3.09. The predicted molar refractivity (Wildman–Crippen MR) is 115 cm³/mol. The van der Waals surface area contributed by atoms with E-state index in [0.29, 0.717) is 43.4 Å². The highest BCUT2D eigenvalue weighted by Gasteiger charge is 2.23. The van der Waals surface area contributed by atoms with Crippen molar-refractivity contribution in [1.29, 1.82) is 0 Å². The van der Waals surface area contributed by atoms with Gasteiger partial charge in [0.25, 0.3) is 5.91 Å². The topological polar surface area (TPSA) is 59.3 Å². The lowest BCUT2D eigenvalue weighted by Gasteiger charge is -2.34. The van der Waals surface area contributed by atoms with Crippen LogP contribution >= 0.6 is 0 Å². The number of hydrogen-bond donors (Lipinski definition) is 0. The molecule has 1 aromatic carbocycles. The first-order valence-electron chi connectivity index (χ1n) is 10.5. The first-order chi connectivity index (χ1) is 14.7. The molecule has 3 heterocycles. The molecule has 0 spiro atoms. The third-order valence-electron chi connectivity index (χ3n) is 5.26. The maximum atomic E-state index is 13.0. The van der Waals surface area contributed by atoms with Gasteiger partial charge in [0.2, 0.25) is 0 Å². The average molecular weight is 409 g/mol. The van der Waals surface area contributed by atoms with E-state index in [1.54, 1.807) is 6.07 Å². The molecule has 1 aliphatic rings. The number of fused-ring (bicyclic) bond motifs is 1. The van der Waals surface area contributed by atoms with Gasteiger partial charge in [0.05, 0.1) is 24.4 Å². The van der Waals surface area contributed by atoms with Gasteiger partial charge in [-0.15, -0.1) is 0 Å². The summed E-state index contributed by atoms with van der Waals surface area (Å²) in [6.07, 6.45) is 1.96. The Bertz CT molecular complexity index is 976. The molecule has 4 rings (SSSR count). The Kier molecular flexibility index (Phi) is 6.18. The molecule has 3 aromatic rings. The SMILES string of the molecule is CCOc1ccc(C(=O)N2CCN(Cc3cc4ccccn4n3)CC2)cc1OCC. The lowest BCUT2D eigenvalue weighted by molar-refractivity contribution is 0.0626. The van der Waals surface area contributed by atoms with Crippen molar-refractivity contribution in [3.63, 3.8) is 0 Å². The molecule has 0 bridgehead atoms. The van der Waals surface area contributed by atoms with Gasteiger partial charge in [-0.3, -0.25) is 9.69 Å². The van der Waals surface area contributed by atoms with Crippen LogP contribution in [0.15, 0.2) is 48.7 Å². The van der Waals surface area contributed by atoms with Crippen LogP contribution in [0, 0.1) is 0 Å². The number of hydrogen-bond acceptors (Lipinski definition) is 5. The first kappa shape index (κ1) is 20.2. The maximum Gasteiger partial charge on any atom is 0.254 e. The van der Waals surface area contributed by atoms with Crippen LogP contribution in [0.25, 0.3) is 5.52 Å². The Labute approximate surface area is 176 Å². The molecule has 0 radical (unpaired) electrons. The van der Waals surface area contributed by atoms with E-state index in [4.69, 9.17) is 9.47 Å². The molecular formula is C23H28N4O3. The standard InChI is InChI=1S/C23H28N4O3/c1-3-29-21-9-8-18(15-22(21)30-4-2)23(28)26-13-11-25(12-14-26)17-19-16-20-7-5-6-10-27(20)24-19/h5-10,15-16H,3-4,11-14,17H2,1-2H3. The van der Waals surface area contributed by atoms with E-state index in [1.807, 2.05) is 53.7 Å². The zero-order valence-electron chi connectivity index (χ0n) is 17.6. The summed E-state index contributed by atoms with van der Waals surface area (Å²) in [5.41, 5.74) is 2.78. The number of nitrogens with zero attached hydrogens (tertiary/aromatic N) is 4. The van der Waals surface area contributed by atoms with Gasteiger partial charge >= 0.3 is 0 Å². The highest BCUT2D eigenvalue weighted by Crippen LogP contribution is 2.29. The van der Waals surface area contributed by atoms with Crippen molar-refractivity contribution >= 4 is 11.4 Å². The molecule has 1 saturated heterocycles. The van der Waals surface area contributed by atoms with Gasteiger partial charge in [-0.2, -0.15) is 5.10 Å². The minimum absolute atomic E-state index is 0.0337. The lowest BCUT2D eigenvalue weighted by Crippen LogP contribution is -2.48. The summed E-state index contributed by atoms with van der Waals surface area (Å²) in [6.45, 7) is 8.78. The number of rotatable bonds is 7. The van der Waals surface area contributed by atoms with Crippen LogP contribution in [0.1, 0.15) is 29.9 Å². The van der Waals surface area contributed by atoms with Gasteiger partial charge in [-0.05, 0) is 50.2 Å². The quantitative estimate of drug-likeness (QED) is 0.601. The smallest absolute Gasteiger partial charge is 0.254 e. The van der Waals surface area contributed by atoms with Gasteiger partial charge in [-0.1, -0.05) is 6.07 Å². The van der Waals surface area contributed by atoms with Crippen LogP contribution in [0.2, 0.25) is 0 Å². The molecule has 158 valence electrons. The monoisotopic (exact) mass is 408 g/mol. The number of carbonyl (C=O) groups excluding carboxylic acids is 1. The van der Waals surface area contributed by atoms with Crippen molar-refractivity contribution in [2.24, 2.45) is 0 Å². The summed E-state index contributed by atoms with van der Waals surface area (Å²) in [4.78, 5) is 17.3. The van der Waals surface area contributed by atoms with Crippen LogP contribution < -0.4 is 9.47 Å². The molecule has 0 atom stereocenters. The Hall–Kier alpha value is -3.06. The summed E-state index contributed by atoms with van der Waals surface area (Å²) in [5, 5.41) is 4.63. The second-order valence-corrected chi connectivity index (χ2v) is 7.30. The van der Waals surface area contributed by atoms with Gasteiger partial charge < -0.3 is 14.4 Å². The molecular weight excluding hydrogens is 380 g/mol. The summed E-state index contributed by atoms with van der Waals surface area (Å²) in [6, 6.07) is 13.6. The molecule has 0 N–H and O–H groups in total. The van der Waals surface area contributed by atoms with E-state index in [0.717, 1.165) is 30.8 Å². The van der Waals surface area contributed by atoms with Gasteiger partial charge in [0.15, 0.2) is 11.5 Å². The third kappa shape index (κ3) is 4.41. The normalized spacial score (nSPS) is 14.8. The molecule has 0 saturated carbocycles. The molecule has 30 heavy (non-hydrogen) atoms. The third-order valence-corrected chi connectivity index (χ3v) is 5.26. The minimum atomic E-state index is 0.0337. The van der Waals surface area contributed by atoms with Crippen molar-refractivity contribution in [3.8, 4) is 11.5 Å². The number of ether oxygens (including phenoxy) is 2. The zero-order chi connectivity index (χ0) is 20.9. The average Bonchev–Trinajstić information content (AvgIpc) is 3.17. The van der Waals surface area contributed by atoms with E-state index in [9.17, 15) is 4.79 Å². The maximum absolute atomic E-state index is 13.0. The number of aromatic nitrogens is 2. The van der Waals surface area contributed by atoms with E-state index in [2.05, 4.69) is 22.1 Å². The molecule has 2 aromatic heterocycles. The fourth-order valence-corrected chi connectivity index (χ4v) is 3.77. The highest BCUT2D eigenvalue weighted by molar-refractivity contribution is 5.95. The number of pyridine rings is 1. The van der Waals surface area contributed by atoms with E-state index < -0.39 is 0 Å². The summed E-state index contributed by atoms with van der Waals surface area (Å²) in [5.74, 6) is 1.33. The number of carbonyl (C=O) groups is 1. The second kappa shape index (κ2) is 9.17. The van der Waals surface area contributed by atoms with Crippen LogP contribution in [-0.2, 0) is 6.54 Å². The molecule has 0 unspecified atom stereocenters. The summed E-state index contributed by atoms with van der Waals surface area (Å²) >= 11 is 0. The van der Waals surface area contributed by atoms with Crippen LogP contribution in [0.4, 0.5) is 0 Å². The lowest BCUT2D eigenvalue weighted by atomic mass is 10.1. The Balaban J connectivity index is 1.37. The summed E-state index contributed by atoms with van der Waals surface area (Å²) < 4.78 is 13.2. The second-order valence-electron chi connectivity index (χ2n) is 7.30. The van der Waals surface area contributed by atoms with Crippen molar-refractivity contribution in [1.82, 2.24) is 19.4 Å². The molecule has 1 amide bonds. The van der Waals surface area contributed by atoms with Crippen LogP contribution in [0.5, 0.6) is 11.5 Å². The number of piperazine rings is 1. The highest BCUT2D eigenvalue weighted by atomic mass is 16.5. The Morgan fingerprint density at radius 2 is 1.73 bits per heavy atom. The molecule has 7 nitrogen and oxygen atoms in total. The molecule has 0 aliphatic carbocycles. The molecule has 7 heteroatoms. The van der Waals surface area contributed by atoms with E-state index in [-0.39, 0.29) is 5.91 Å². The van der Waals surface area contributed by atoms with Crippen molar-refractivity contribution in [2.45, 2.75) is 20.4 Å². The van der Waals surface area contributed by atoms with Crippen molar-refractivity contribution in [3.05, 3.63) is 59.9 Å². The Morgan fingerprint density at radius 3 is 2.47 bits per heavy atom. The van der Waals surface area contributed by atoms with Crippen molar-refractivity contribution in [2.75, 3.05) is 39.4 Å². The van der Waals surface area contributed by atoms with Crippen LogP contribution in [0.3, 0.4) is 0 Å². The molecule has 1 fully saturated rings. The Morgan fingerprint density at radius 1 is 0.967 bits per heavy atom.